The number of nitrogens with zero attached hydrogens (tertiary/aromatic N) is 1. The van der Waals surface area contributed by atoms with Crippen molar-refractivity contribution in [3.8, 4) is 5.75 Å². The minimum Gasteiger partial charge on any atom is -0.495 e. The first-order chi connectivity index (χ1) is 8.67. The van der Waals surface area contributed by atoms with Gasteiger partial charge in [-0.15, -0.1) is 0 Å². The molecule has 5 heteroatoms. The Balaban J connectivity index is 2.58. The molecular formula is C13H18ClN3O. The van der Waals surface area contributed by atoms with Crippen molar-refractivity contribution in [3.05, 3.63) is 35.4 Å². The summed E-state index contributed by atoms with van der Waals surface area (Å²) in [6.45, 7) is 2.64. The Kier molecular flexibility index (Phi) is 6.08. The van der Waals surface area contributed by atoms with Gasteiger partial charge in [-0.2, -0.15) is 0 Å². The minimum atomic E-state index is 0.376. The van der Waals surface area contributed by atoms with Gasteiger partial charge in [0.25, 0.3) is 0 Å². The van der Waals surface area contributed by atoms with Crippen LogP contribution in [0.5, 0.6) is 5.75 Å². The number of allylic oxidation sites excluding steroid dienone is 1. The average molecular weight is 268 g/mol. The predicted molar refractivity (Wildman–Crippen MR) is 77.5 cm³/mol. The molecule has 0 unspecified atom stereocenters. The molecule has 98 valence electrons. The smallest absolute Gasteiger partial charge is 0.193 e. The van der Waals surface area contributed by atoms with Gasteiger partial charge in [0.05, 0.1) is 12.1 Å². The normalized spacial score (nSPS) is 11.8. The maximum absolute atomic E-state index is 6.00. The summed E-state index contributed by atoms with van der Waals surface area (Å²) < 4.78 is 5.07. The Labute approximate surface area is 112 Å². The fourth-order valence-corrected chi connectivity index (χ4v) is 1.62. The summed E-state index contributed by atoms with van der Waals surface area (Å²) >= 11 is 6.00. The van der Waals surface area contributed by atoms with E-state index in [1.807, 2.05) is 25.1 Å². The molecule has 0 aliphatic carbocycles. The van der Waals surface area contributed by atoms with Gasteiger partial charge in [-0.3, -0.25) is 4.99 Å². The van der Waals surface area contributed by atoms with Crippen LogP contribution in [-0.2, 0) is 0 Å². The molecule has 0 spiro atoms. The molecule has 4 nitrogen and oxygen atoms in total. The minimum absolute atomic E-state index is 0.376. The van der Waals surface area contributed by atoms with Crippen molar-refractivity contribution in [1.82, 2.24) is 0 Å². The molecule has 0 saturated carbocycles. The van der Waals surface area contributed by atoms with Gasteiger partial charge in [0.15, 0.2) is 5.96 Å². The van der Waals surface area contributed by atoms with Gasteiger partial charge in [0, 0.05) is 12.2 Å². The summed E-state index contributed by atoms with van der Waals surface area (Å²) in [4.78, 5) is 4.19. The molecule has 18 heavy (non-hydrogen) atoms. The molecule has 0 aliphatic rings. The van der Waals surface area contributed by atoms with Crippen molar-refractivity contribution < 1.29 is 4.74 Å². The molecule has 0 heterocycles. The van der Waals surface area contributed by atoms with Crippen LogP contribution in [0.1, 0.15) is 13.3 Å². The molecule has 0 aliphatic heterocycles. The Hall–Kier alpha value is -1.68. The van der Waals surface area contributed by atoms with Crippen LogP contribution in [0.4, 0.5) is 5.69 Å². The van der Waals surface area contributed by atoms with Gasteiger partial charge in [0.2, 0.25) is 0 Å². The van der Waals surface area contributed by atoms with E-state index in [0.29, 0.717) is 23.3 Å². The first kappa shape index (κ1) is 14.4. The molecular weight excluding hydrogens is 250 g/mol. The highest BCUT2D eigenvalue weighted by Crippen LogP contribution is 2.26. The number of benzene rings is 1. The number of guanidine groups is 1. The Morgan fingerprint density at radius 3 is 2.94 bits per heavy atom. The summed E-state index contributed by atoms with van der Waals surface area (Å²) in [6, 6.07) is 5.35. The third-order valence-electron chi connectivity index (χ3n) is 2.24. The molecule has 1 aromatic carbocycles. The molecule has 1 rings (SSSR count). The zero-order chi connectivity index (χ0) is 13.4. The van der Waals surface area contributed by atoms with Crippen molar-refractivity contribution >= 4 is 23.2 Å². The fourth-order valence-electron chi connectivity index (χ4n) is 1.36. The highest BCUT2D eigenvalue weighted by Gasteiger charge is 2.02. The lowest BCUT2D eigenvalue weighted by Crippen LogP contribution is -2.22. The van der Waals surface area contributed by atoms with E-state index in [0.717, 1.165) is 12.1 Å². The second kappa shape index (κ2) is 7.61. The molecule has 1 aromatic rings. The number of hydrogen-bond acceptors (Lipinski definition) is 2. The Morgan fingerprint density at radius 1 is 1.56 bits per heavy atom. The van der Waals surface area contributed by atoms with Gasteiger partial charge in [-0.05, 0) is 31.5 Å². The van der Waals surface area contributed by atoms with Gasteiger partial charge in [0.1, 0.15) is 5.75 Å². The van der Waals surface area contributed by atoms with E-state index < -0.39 is 0 Å². The summed E-state index contributed by atoms with van der Waals surface area (Å²) in [5, 5.41) is 3.51. The monoisotopic (exact) mass is 267 g/mol. The number of methoxy groups -OCH3 is 1. The number of aliphatic imine (C=N–C) groups is 1. The molecule has 0 fully saturated rings. The lowest BCUT2D eigenvalue weighted by molar-refractivity contribution is 0.415. The van der Waals surface area contributed by atoms with Crippen molar-refractivity contribution in [1.29, 1.82) is 0 Å². The molecule has 0 radical (unpaired) electrons. The van der Waals surface area contributed by atoms with E-state index in [4.69, 9.17) is 22.1 Å². The maximum Gasteiger partial charge on any atom is 0.193 e. The largest absolute Gasteiger partial charge is 0.495 e. The van der Waals surface area contributed by atoms with Gasteiger partial charge in [-0.25, -0.2) is 0 Å². The topological polar surface area (TPSA) is 59.6 Å². The summed E-state index contributed by atoms with van der Waals surface area (Å²) in [7, 11) is 1.57. The van der Waals surface area contributed by atoms with E-state index in [-0.39, 0.29) is 0 Å². The van der Waals surface area contributed by atoms with Crippen LogP contribution in [0.25, 0.3) is 0 Å². The SMILES string of the molecule is CC=CCCN=C(N)Nc1ccc(OC)c(Cl)c1. The van der Waals surface area contributed by atoms with Crippen LogP contribution in [0, 0.1) is 0 Å². The average Bonchev–Trinajstić information content (AvgIpc) is 2.35. The van der Waals surface area contributed by atoms with Gasteiger partial charge < -0.3 is 15.8 Å². The number of ether oxygens (including phenoxy) is 1. The molecule has 0 saturated heterocycles. The third kappa shape index (κ3) is 4.67. The van der Waals surface area contributed by atoms with Crippen molar-refractivity contribution in [2.75, 3.05) is 19.0 Å². The van der Waals surface area contributed by atoms with Crippen molar-refractivity contribution in [3.63, 3.8) is 0 Å². The van der Waals surface area contributed by atoms with Gasteiger partial charge >= 0.3 is 0 Å². The van der Waals surface area contributed by atoms with E-state index >= 15 is 0 Å². The molecule has 0 atom stereocenters. The lowest BCUT2D eigenvalue weighted by Gasteiger charge is -2.08. The number of rotatable bonds is 5. The van der Waals surface area contributed by atoms with E-state index in [2.05, 4.69) is 10.3 Å². The number of halogens is 1. The number of hydrogen-bond donors (Lipinski definition) is 2. The number of anilines is 1. The van der Waals surface area contributed by atoms with Gasteiger partial charge in [-0.1, -0.05) is 23.8 Å². The maximum atomic E-state index is 6.00. The van der Waals surface area contributed by atoms with Crippen LogP contribution >= 0.6 is 11.6 Å². The van der Waals surface area contributed by atoms with Crippen molar-refractivity contribution in [2.24, 2.45) is 10.7 Å². The molecule has 0 amide bonds. The first-order valence-corrected chi connectivity index (χ1v) is 6.06. The van der Waals surface area contributed by atoms with E-state index in [1.54, 1.807) is 19.2 Å². The molecule has 0 bridgehead atoms. The lowest BCUT2D eigenvalue weighted by atomic mass is 10.3. The van der Waals surface area contributed by atoms with E-state index in [1.165, 1.54) is 0 Å². The standard InChI is InChI=1S/C13H18ClN3O/c1-3-4-5-8-16-13(15)17-10-6-7-12(18-2)11(14)9-10/h3-4,6-7,9H,5,8H2,1-2H3,(H3,15,16,17). The Bertz CT molecular complexity index is 444. The fraction of sp³-hybridized carbons (Fsp3) is 0.308. The highest BCUT2D eigenvalue weighted by atomic mass is 35.5. The summed E-state index contributed by atoms with van der Waals surface area (Å²) in [5.41, 5.74) is 6.53. The van der Waals surface area contributed by atoms with E-state index in [9.17, 15) is 0 Å². The second-order valence-corrected chi connectivity index (χ2v) is 4.01. The number of nitrogens with one attached hydrogen (secondary N) is 1. The van der Waals surface area contributed by atoms with Crippen LogP contribution in [-0.4, -0.2) is 19.6 Å². The second-order valence-electron chi connectivity index (χ2n) is 3.60. The van der Waals surface area contributed by atoms with Crippen LogP contribution in [0.15, 0.2) is 35.3 Å². The Morgan fingerprint density at radius 2 is 2.33 bits per heavy atom. The zero-order valence-corrected chi connectivity index (χ0v) is 11.4. The summed E-state index contributed by atoms with van der Waals surface area (Å²) in [5.74, 6) is 1.01. The third-order valence-corrected chi connectivity index (χ3v) is 2.53. The van der Waals surface area contributed by atoms with Crippen LogP contribution in [0.3, 0.4) is 0 Å². The first-order valence-electron chi connectivity index (χ1n) is 5.69. The molecule has 3 N–H and O–H groups in total. The van der Waals surface area contributed by atoms with Crippen LogP contribution < -0.4 is 15.8 Å². The molecule has 0 aromatic heterocycles. The zero-order valence-electron chi connectivity index (χ0n) is 10.6. The van der Waals surface area contributed by atoms with Crippen LogP contribution in [0.2, 0.25) is 5.02 Å². The predicted octanol–water partition coefficient (Wildman–Crippen LogP) is 3.04. The van der Waals surface area contributed by atoms with Crippen molar-refractivity contribution in [2.45, 2.75) is 13.3 Å². The quantitative estimate of drug-likeness (QED) is 0.373. The number of nitrogens with two attached hydrogens (primary N) is 1. The highest BCUT2D eigenvalue weighted by molar-refractivity contribution is 6.32. The summed E-state index contributed by atoms with van der Waals surface area (Å²) in [6.07, 6.45) is 4.91.